The van der Waals surface area contributed by atoms with Crippen LogP contribution in [-0.4, -0.2) is 33.2 Å². The Bertz CT molecular complexity index is 1120. The van der Waals surface area contributed by atoms with E-state index in [-0.39, 0.29) is 18.4 Å². The van der Waals surface area contributed by atoms with Crippen molar-refractivity contribution in [1.82, 2.24) is 14.8 Å². The molecule has 1 amide bonds. The third-order valence-corrected chi connectivity index (χ3v) is 5.19. The first-order valence-corrected chi connectivity index (χ1v) is 10.1. The molecule has 1 N–H and O–H groups in total. The van der Waals surface area contributed by atoms with Crippen molar-refractivity contribution in [2.45, 2.75) is 26.7 Å². The summed E-state index contributed by atoms with van der Waals surface area (Å²) in [7, 11) is 0. The molecule has 4 rings (SSSR count). The molecule has 0 aliphatic heterocycles. The summed E-state index contributed by atoms with van der Waals surface area (Å²) in [5.41, 5.74) is 2.90. The molecule has 0 saturated heterocycles. The van der Waals surface area contributed by atoms with E-state index in [0.29, 0.717) is 33.3 Å². The van der Waals surface area contributed by atoms with Gasteiger partial charge in [0.25, 0.3) is 0 Å². The van der Waals surface area contributed by atoms with Gasteiger partial charge in [-0.3, -0.25) is 4.79 Å². The highest BCUT2D eigenvalue weighted by Crippen LogP contribution is 2.32. The number of hydrogen-bond acceptors (Lipinski definition) is 5. The van der Waals surface area contributed by atoms with Crippen molar-refractivity contribution >= 4 is 29.3 Å². The van der Waals surface area contributed by atoms with Gasteiger partial charge in [0.15, 0.2) is 0 Å². The summed E-state index contributed by atoms with van der Waals surface area (Å²) in [5, 5.41) is 7.96. The van der Waals surface area contributed by atoms with E-state index >= 15 is 0 Å². The molecule has 1 aliphatic rings. The highest BCUT2D eigenvalue weighted by molar-refractivity contribution is 6.33. The molecule has 0 bridgehead atoms. The van der Waals surface area contributed by atoms with Crippen molar-refractivity contribution in [1.29, 1.82) is 0 Å². The summed E-state index contributed by atoms with van der Waals surface area (Å²) in [6.45, 7) is 3.88. The fourth-order valence-corrected chi connectivity index (χ4v) is 3.34. The molecule has 1 fully saturated rings. The number of amides is 1. The van der Waals surface area contributed by atoms with Crippen LogP contribution in [0.3, 0.4) is 0 Å². The summed E-state index contributed by atoms with van der Waals surface area (Å²) in [6, 6.07) is 8.94. The second-order valence-corrected chi connectivity index (χ2v) is 7.56. The number of ether oxygens (including phenoxy) is 1. The first kappa shape index (κ1) is 20.1. The number of benzene rings is 1. The first-order valence-electron chi connectivity index (χ1n) is 9.77. The summed E-state index contributed by atoms with van der Waals surface area (Å²) in [4.78, 5) is 29.0. The molecule has 8 heteroatoms. The highest BCUT2D eigenvalue weighted by atomic mass is 35.5. The van der Waals surface area contributed by atoms with E-state index in [4.69, 9.17) is 16.3 Å². The smallest absolute Gasteiger partial charge is 0.342 e. The standard InChI is InChI=1S/C22H21ClN4O3/c1-3-30-22(29)16-12-27(26-20(16)15-6-4-5-7-17(15)23)18-10-19(24-11-13(18)2)25-21(28)14-8-9-14/h4-7,10-12,14H,3,8-9H2,1-2H3,(H,24,25,28). The minimum Gasteiger partial charge on any atom is -0.462 e. The molecular formula is C22H21ClN4O3. The van der Waals surface area contributed by atoms with E-state index in [0.717, 1.165) is 18.4 Å². The molecule has 0 radical (unpaired) electrons. The van der Waals surface area contributed by atoms with Crippen LogP contribution in [-0.2, 0) is 9.53 Å². The molecule has 0 atom stereocenters. The van der Waals surface area contributed by atoms with Crippen LogP contribution < -0.4 is 5.32 Å². The van der Waals surface area contributed by atoms with Crippen LogP contribution in [0.15, 0.2) is 42.7 Å². The molecule has 0 spiro atoms. The summed E-state index contributed by atoms with van der Waals surface area (Å²) >= 11 is 6.36. The maximum absolute atomic E-state index is 12.6. The third kappa shape index (κ3) is 4.07. The Morgan fingerprint density at radius 1 is 1.30 bits per heavy atom. The summed E-state index contributed by atoms with van der Waals surface area (Å²) < 4.78 is 6.81. The van der Waals surface area contributed by atoms with Gasteiger partial charge in [0.05, 0.1) is 17.3 Å². The maximum Gasteiger partial charge on any atom is 0.342 e. The number of anilines is 1. The van der Waals surface area contributed by atoms with Gasteiger partial charge in [-0.15, -0.1) is 0 Å². The zero-order valence-corrected chi connectivity index (χ0v) is 17.4. The lowest BCUT2D eigenvalue weighted by Crippen LogP contribution is -2.15. The largest absolute Gasteiger partial charge is 0.462 e. The second-order valence-electron chi connectivity index (χ2n) is 7.16. The lowest BCUT2D eigenvalue weighted by Gasteiger charge is -2.09. The zero-order chi connectivity index (χ0) is 21.3. The number of pyridine rings is 1. The number of rotatable bonds is 6. The normalized spacial score (nSPS) is 13.2. The quantitative estimate of drug-likeness (QED) is 0.592. The number of carbonyl (C=O) groups excluding carboxylic acids is 2. The highest BCUT2D eigenvalue weighted by Gasteiger charge is 2.30. The van der Waals surface area contributed by atoms with E-state index < -0.39 is 5.97 Å². The van der Waals surface area contributed by atoms with E-state index in [9.17, 15) is 9.59 Å². The number of esters is 1. The minimum absolute atomic E-state index is 0.0262. The topological polar surface area (TPSA) is 86.1 Å². The van der Waals surface area contributed by atoms with Crippen LogP contribution in [0.25, 0.3) is 16.9 Å². The van der Waals surface area contributed by atoms with Gasteiger partial charge in [0.2, 0.25) is 5.91 Å². The lowest BCUT2D eigenvalue weighted by molar-refractivity contribution is -0.117. The Morgan fingerprint density at radius 3 is 2.77 bits per heavy atom. The summed E-state index contributed by atoms with van der Waals surface area (Å²) in [6.07, 6.45) is 5.10. The Labute approximate surface area is 179 Å². The van der Waals surface area contributed by atoms with Crippen molar-refractivity contribution < 1.29 is 14.3 Å². The van der Waals surface area contributed by atoms with Crippen molar-refractivity contribution in [3.8, 4) is 16.9 Å². The molecule has 1 aromatic carbocycles. The number of nitrogens with zero attached hydrogens (tertiary/aromatic N) is 3. The van der Waals surface area contributed by atoms with Crippen LogP contribution in [0.2, 0.25) is 5.02 Å². The number of aromatic nitrogens is 3. The number of halogens is 1. The first-order chi connectivity index (χ1) is 14.5. The number of nitrogens with one attached hydrogen (secondary N) is 1. The Morgan fingerprint density at radius 2 is 2.07 bits per heavy atom. The van der Waals surface area contributed by atoms with Gasteiger partial charge in [0, 0.05) is 29.9 Å². The Hall–Kier alpha value is -3.19. The monoisotopic (exact) mass is 424 g/mol. The van der Waals surface area contributed by atoms with E-state index in [1.54, 1.807) is 42.2 Å². The van der Waals surface area contributed by atoms with Crippen LogP contribution in [0.4, 0.5) is 5.82 Å². The predicted octanol–water partition coefficient (Wildman–Crippen LogP) is 4.42. The van der Waals surface area contributed by atoms with Gasteiger partial charge in [0.1, 0.15) is 17.1 Å². The van der Waals surface area contributed by atoms with Gasteiger partial charge >= 0.3 is 5.97 Å². The lowest BCUT2D eigenvalue weighted by atomic mass is 10.1. The molecule has 1 saturated carbocycles. The van der Waals surface area contributed by atoms with Crippen molar-refractivity contribution in [2.24, 2.45) is 5.92 Å². The predicted molar refractivity (Wildman–Crippen MR) is 114 cm³/mol. The van der Waals surface area contributed by atoms with Crippen molar-refractivity contribution in [3.63, 3.8) is 0 Å². The van der Waals surface area contributed by atoms with Gasteiger partial charge in [-0.1, -0.05) is 29.8 Å². The number of carbonyl (C=O) groups is 2. The van der Waals surface area contributed by atoms with Crippen LogP contribution in [0.1, 0.15) is 35.7 Å². The molecule has 1 aliphatic carbocycles. The minimum atomic E-state index is -0.479. The van der Waals surface area contributed by atoms with Gasteiger partial charge in [-0.25, -0.2) is 14.5 Å². The fourth-order valence-electron chi connectivity index (χ4n) is 3.11. The molecule has 3 aromatic rings. The van der Waals surface area contributed by atoms with Crippen molar-refractivity contribution in [3.05, 3.63) is 58.9 Å². The molecule has 30 heavy (non-hydrogen) atoms. The van der Waals surface area contributed by atoms with E-state index in [1.807, 2.05) is 19.1 Å². The van der Waals surface area contributed by atoms with Crippen molar-refractivity contribution in [2.75, 3.05) is 11.9 Å². The average molecular weight is 425 g/mol. The van der Waals surface area contributed by atoms with Gasteiger partial charge < -0.3 is 10.1 Å². The van der Waals surface area contributed by atoms with Crippen LogP contribution in [0, 0.1) is 12.8 Å². The molecular weight excluding hydrogens is 404 g/mol. The molecule has 2 heterocycles. The van der Waals surface area contributed by atoms with Crippen LogP contribution >= 0.6 is 11.6 Å². The van der Waals surface area contributed by atoms with Gasteiger partial charge in [-0.05, 0) is 38.3 Å². The SMILES string of the molecule is CCOC(=O)c1cn(-c2cc(NC(=O)C3CC3)ncc2C)nc1-c1ccccc1Cl. The molecule has 7 nitrogen and oxygen atoms in total. The Kier molecular flexibility index (Phi) is 5.55. The van der Waals surface area contributed by atoms with Crippen LogP contribution in [0.5, 0.6) is 0 Å². The maximum atomic E-state index is 12.6. The average Bonchev–Trinajstić information content (AvgIpc) is 3.49. The zero-order valence-electron chi connectivity index (χ0n) is 16.7. The van der Waals surface area contributed by atoms with Gasteiger partial charge in [-0.2, -0.15) is 5.10 Å². The molecule has 2 aromatic heterocycles. The van der Waals surface area contributed by atoms with E-state index in [1.165, 1.54) is 0 Å². The number of hydrogen-bond donors (Lipinski definition) is 1. The van der Waals surface area contributed by atoms with E-state index in [2.05, 4.69) is 15.4 Å². The number of aryl methyl sites for hydroxylation is 1. The fraction of sp³-hybridized carbons (Fsp3) is 0.273. The molecule has 0 unspecified atom stereocenters. The second kappa shape index (κ2) is 8.28. The Balaban J connectivity index is 1.77. The molecule has 154 valence electrons. The summed E-state index contributed by atoms with van der Waals surface area (Å²) in [5.74, 6) is 0.0119. The third-order valence-electron chi connectivity index (χ3n) is 4.86.